The van der Waals surface area contributed by atoms with Crippen LogP contribution in [0, 0.1) is 0 Å². The molecule has 1 atom stereocenters. The van der Waals surface area contributed by atoms with Crippen LogP contribution in [0.2, 0.25) is 0 Å². The predicted molar refractivity (Wildman–Crippen MR) is 54.9 cm³/mol. The normalized spacial score (nSPS) is 13.9. The second kappa shape index (κ2) is 4.13. The Labute approximate surface area is 81.5 Å². The number of nitrogens with one attached hydrogen (secondary N) is 2. The van der Waals surface area contributed by atoms with Gasteiger partial charge in [0.1, 0.15) is 0 Å². The Kier molecular flexibility index (Phi) is 4.13. The van der Waals surface area contributed by atoms with Crippen LogP contribution in [0.25, 0.3) is 0 Å². The second-order valence-electron chi connectivity index (χ2n) is 3.46. The van der Waals surface area contributed by atoms with Gasteiger partial charge in [0, 0.05) is 5.54 Å². The molecule has 11 heavy (non-hydrogen) atoms. The number of alkyl halides is 1. The molecule has 0 rings (SSSR count). The average Bonchev–Trinajstić information content (AvgIpc) is 1.53. The lowest BCUT2D eigenvalue weighted by molar-refractivity contribution is 0.232. The highest BCUT2D eigenvalue weighted by Crippen LogP contribution is 1.99. The van der Waals surface area contributed by atoms with E-state index < -0.39 is 0 Å². The summed E-state index contributed by atoms with van der Waals surface area (Å²) in [5, 5.41) is 5.53. The van der Waals surface area contributed by atoms with E-state index in [4.69, 9.17) is 0 Å². The lowest BCUT2D eigenvalue weighted by atomic mass is 10.1. The smallest absolute Gasteiger partial charge is 0.316 e. The molecule has 0 heterocycles. The number of amides is 2. The van der Waals surface area contributed by atoms with E-state index in [2.05, 4.69) is 33.2 Å². The first kappa shape index (κ1) is 11.0. The van der Waals surface area contributed by atoms with Crippen LogP contribution in [0.5, 0.6) is 0 Å². The minimum absolute atomic E-state index is 0.112. The summed E-state index contributed by atoms with van der Waals surface area (Å²) in [5.74, 6) is 0. The van der Waals surface area contributed by atoms with Gasteiger partial charge in [-0.2, -0.15) is 0 Å². The Morgan fingerprint density at radius 1 is 1.45 bits per heavy atom. The molecule has 0 aromatic carbocycles. The highest BCUT2D eigenvalue weighted by atomic mass is 127. The van der Waals surface area contributed by atoms with Gasteiger partial charge in [0.2, 0.25) is 0 Å². The summed E-state index contributed by atoms with van der Waals surface area (Å²) in [7, 11) is 0. The molecule has 66 valence electrons. The third kappa shape index (κ3) is 7.90. The standard InChI is InChI=1S/C7H15IN2O/c1-5(8)9-6(11)10-7(2,3)4/h5H,1-4H3,(H2,9,10,11). The highest BCUT2D eigenvalue weighted by Gasteiger charge is 2.13. The molecular formula is C7H15IN2O. The third-order valence-electron chi connectivity index (χ3n) is 0.819. The largest absolute Gasteiger partial charge is 0.334 e. The lowest BCUT2D eigenvalue weighted by Gasteiger charge is -2.21. The lowest BCUT2D eigenvalue weighted by Crippen LogP contribution is -2.47. The van der Waals surface area contributed by atoms with Gasteiger partial charge in [0.05, 0.1) is 4.05 Å². The van der Waals surface area contributed by atoms with E-state index in [1.807, 2.05) is 27.7 Å². The number of carbonyl (C=O) groups is 1. The van der Waals surface area contributed by atoms with E-state index in [1.54, 1.807) is 0 Å². The van der Waals surface area contributed by atoms with Crippen molar-refractivity contribution in [2.45, 2.75) is 37.3 Å². The topological polar surface area (TPSA) is 41.1 Å². The first-order valence-electron chi connectivity index (χ1n) is 3.54. The molecule has 0 saturated heterocycles. The first-order chi connectivity index (χ1) is 4.81. The quantitative estimate of drug-likeness (QED) is 0.426. The molecule has 0 spiro atoms. The molecule has 1 unspecified atom stereocenters. The van der Waals surface area contributed by atoms with Crippen LogP contribution >= 0.6 is 22.6 Å². The van der Waals surface area contributed by atoms with Gasteiger partial charge in [-0.05, 0) is 27.7 Å². The van der Waals surface area contributed by atoms with Crippen molar-refractivity contribution in [3.8, 4) is 0 Å². The van der Waals surface area contributed by atoms with E-state index >= 15 is 0 Å². The van der Waals surface area contributed by atoms with E-state index in [0.717, 1.165) is 0 Å². The Morgan fingerprint density at radius 2 is 1.91 bits per heavy atom. The summed E-state index contributed by atoms with van der Waals surface area (Å²) >= 11 is 2.14. The summed E-state index contributed by atoms with van der Waals surface area (Å²) in [5.41, 5.74) is -0.157. The van der Waals surface area contributed by atoms with Gasteiger partial charge in [0.25, 0.3) is 0 Å². The van der Waals surface area contributed by atoms with Gasteiger partial charge >= 0.3 is 6.03 Å². The highest BCUT2D eigenvalue weighted by molar-refractivity contribution is 14.1. The maximum absolute atomic E-state index is 11.0. The third-order valence-corrected chi connectivity index (χ3v) is 1.13. The van der Waals surface area contributed by atoms with E-state index in [9.17, 15) is 4.79 Å². The van der Waals surface area contributed by atoms with Crippen LogP contribution in [-0.2, 0) is 0 Å². The molecule has 3 nitrogen and oxygen atoms in total. The first-order valence-corrected chi connectivity index (χ1v) is 4.78. The fourth-order valence-electron chi connectivity index (χ4n) is 0.557. The molecule has 2 N–H and O–H groups in total. The molecule has 0 aromatic rings. The van der Waals surface area contributed by atoms with Gasteiger partial charge < -0.3 is 10.6 Å². The maximum Gasteiger partial charge on any atom is 0.316 e. The fraction of sp³-hybridized carbons (Fsp3) is 0.857. The van der Waals surface area contributed by atoms with Crippen LogP contribution in [0.15, 0.2) is 0 Å². The second-order valence-corrected chi connectivity index (χ2v) is 5.33. The van der Waals surface area contributed by atoms with Crippen LogP contribution < -0.4 is 10.6 Å². The van der Waals surface area contributed by atoms with Crippen LogP contribution in [-0.4, -0.2) is 15.6 Å². The monoisotopic (exact) mass is 270 g/mol. The van der Waals surface area contributed by atoms with Gasteiger partial charge in [-0.3, -0.25) is 0 Å². The van der Waals surface area contributed by atoms with Gasteiger partial charge in [0.15, 0.2) is 0 Å². The number of carbonyl (C=O) groups excluding carboxylic acids is 1. The summed E-state index contributed by atoms with van der Waals surface area (Å²) in [6.07, 6.45) is 0. The Hall–Kier alpha value is 0. The average molecular weight is 270 g/mol. The van der Waals surface area contributed by atoms with Gasteiger partial charge in [-0.1, -0.05) is 22.6 Å². The minimum atomic E-state index is -0.157. The molecule has 2 amide bonds. The summed E-state index contributed by atoms with van der Waals surface area (Å²) in [6.45, 7) is 7.77. The SMILES string of the molecule is CC(I)NC(=O)NC(C)(C)C. The molecular weight excluding hydrogens is 255 g/mol. The molecule has 0 aliphatic heterocycles. The summed E-state index contributed by atoms with van der Waals surface area (Å²) < 4.78 is 0.162. The number of urea groups is 1. The number of rotatable bonds is 1. The zero-order valence-corrected chi connectivity index (χ0v) is 9.52. The molecule has 0 saturated carbocycles. The van der Waals surface area contributed by atoms with Crippen LogP contribution in [0.4, 0.5) is 4.79 Å². The summed E-state index contributed by atoms with van der Waals surface area (Å²) in [6, 6.07) is -0.112. The number of hydrogen-bond acceptors (Lipinski definition) is 1. The van der Waals surface area contributed by atoms with Gasteiger partial charge in [-0.15, -0.1) is 0 Å². The van der Waals surface area contributed by atoms with E-state index in [-0.39, 0.29) is 15.6 Å². The van der Waals surface area contributed by atoms with Crippen LogP contribution in [0.3, 0.4) is 0 Å². The van der Waals surface area contributed by atoms with Crippen molar-refractivity contribution in [1.29, 1.82) is 0 Å². The molecule has 0 aliphatic rings. The number of halogens is 1. The molecule has 4 heteroatoms. The molecule has 0 radical (unpaired) electrons. The predicted octanol–water partition coefficient (Wildman–Crippen LogP) is 1.87. The Bertz CT molecular complexity index is 140. The Balaban J connectivity index is 3.71. The van der Waals surface area contributed by atoms with Crippen molar-refractivity contribution < 1.29 is 4.79 Å². The molecule has 0 aromatic heterocycles. The van der Waals surface area contributed by atoms with Crippen molar-refractivity contribution >= 4 is 28.6 Å². The van der Waals surface area contributed by atoms with E-state index in [1.165, 1.54) is 0 Å². The van der Waals surface area contributed by atoms with Crippen molar-refractivity contribution in [2.75, 3.05) is 0 Å². The molecule has 0 fully saturated rings. The summed E-state index contributed by atoms with van der Waals surface area (Å²) in [4.78, 5) is 11.0. The Morgan fingerprint density at radius 3 is 2.18 bits per heavy atom. The van der Waals surface area contributed by atoms with Crippen molar-refractivity contribution in [3.63, 3.8) is 0 Å². The van der Waals surface area contributed by atoms with Gasteiger partial charge in [-0.25, -0.2) is 4.79 Å². The molecule has 0 bridgehead atoms. The van der Waals surface area contributed by atoms with Crippen molar-refractivity contribution in [1.82, 2.24) is 10.6 Å². The zero-order chi connectivity index (χ0) is 9.07. The maximum atomic E-state index is 11.0. The molecule has 0 aliphatic carbocycles. The van der Waals surface area contributed by atoms with Crippen molar-refractivity contribution in [3.05, 3.63) is 0 Å². The van der Waals surface area contributed by atoms with Crippen molar-refractivity contribution in [2.24, 2.45) is 0 Å². The zero-order valence-electron chi connectivity index (χ0n) is 7.36. The number of hydrogen-bond donors (Lipinski definition) is 2. The fourth-order valence-corrected chi connectivity index (χ4v) is 0.840. The van der Waals surface area contributed by atoms with Crippen LogP contribution in [0.1, 0.15) is 27.7 Å². The van der Waals surface area contributed by atoms with E-state index in [0.29, 0.717) is 0 Å². The minimum Gasteiger partial charge on any atom is -0.334 e.